The number of hydrogen-bond donors (Lipinski definition) is 5. The lowest BCUT2D eigenvalue weighted by atomic mass is 10.1. The first-order valence-corrected chi connectivity index (χ1v) is 15.0. The molecule has 0 saturated heterocycles. The van der Waals surface area contributed by atoms with E-state index in [1.165, 1.54) is 4.57 Å². The smallest absolute Gasteiger partial charge is 0.307 e. The van der Waals surface area contributed by atoms with Crippen molar-refractivity contribution in [1.82, 2.24) is 25.6 Å². The van der Waals surface area contributed by atoms with E-state index in [1.807, 2.05) is 6.92 Å². The molecule has 0 saturated carbocycles. The number of nitrogens with one attached hydrogen (secondary N) is 3. The summed E-state index contributed by atoms with van der Waals surface area (Å²) in [4.78, 5) is 79.3. The number of carbonyl (C=O) groups is 6. The van der Waals surface area contributed by atoms with Crippen LogP contribution in [-0.2, 0) is 30.4 Å². The van der Waals surface area contributed by atoms with E-state index in [0.29, 0.717) is 39.2 Å². The highest BCUT2D eigenvalue weighted by Crippen LogP contribution is 2.31. The molecule has 15 heteroatoms. The molecule has 240 valence electrons. The van der Waals surface area contributed by atoms with Crippen LogP contribution in [0.2, 0.25) is 5.02 Å². The summed E-state index contributed by atoms with van der Waals surface area (Å²) in [5.41, 5.74) is 1.68. The number of hydroxylamine groups is 2. The topological polar surface area (TPSA) is 176 Å². The number of carbonyl (C=O) groups excluding carboxylic acids is 5. The van der Waals surface area contributed by atoms with Crippen LogP contribution in [0.15, 0.2) is 42.5 Å². The minimum Gasteiger partial charge on any atom is -0.481 e. The first-order valence-electron chi connectivity index (χ1n) is 14.0. The van der Waals surface area contributed by atoms with Crippen molar-refractivity contribution in [3.05, 3.63) is 64.3 Å². The van der Waals surface area contributed by atoms with E-state index < -0.39 is 42.7 Å². The minimum absolute atomic E-state index is 0.0831. The molecule has 0 radical (unpaired) electrons. The van der Waals surface area contributed by atoms with Crippen molar-refractivity contribution >= 4 is 70.6 Å². The summed E-state index contributed by atoms with van der Waals surface area (Å²) < 4.78 is 1.43. The van der Waals surface area contributed by atoms with Crippen LogP contribution in [0, 0.1) is 6.92 Å². The van der Waals surface area contributed by atoms with E-state index in [2.05, 4.69) is 28.6 Å². The van der Waals surface area contributed by atoms with Gasteiger partial charge >= 0.3 is 5.97 Å². The minimum atomic E-state index is -1.09. The van der Waals surface area contributed by atoms with Gasteiger partial charge in [-0.1, -0.05) is 24.9 Å². The first kappa shape index (κ1) is 34.9. The van der Waals surface area contributed by atoms with Gasteiger partial charge in [-0.2, -0.15) is 17.7 Å². The highest BCUT2D eigenvalue weighted by molar-refractivity contribution is 7.81. The van der Waals surface area contributed by atoms with E-state index in [9.17, 15) is 33.9 Å². The number of carboxylic acid groups (broad SMARTS) is 1. The summed E-state index contributed by atoms with van der Waals surface area (Å²) in [6.07, 6.45) is 0.979. The lowest BCUT2D eigenvalue weighted by molar-refractivity contribution is -0.157. The zero-order valence-electron chi connectivity index (χ0n) is 24.7. The van der Waals surface area contributed by atoms with Gasteiger partial charge in [0.15, 0.2) is 5.75 Å². The molecule has 4 amide bonds. The quantitative estimate of drug-likeness (QED) is 0.122. The average Bonchev–Trinajstić information content (AvgIpc) is 3.28. The van der Waals surface area contributed by atoms with E-state index >= 15 is 0 Å². The number of rotatable bonds is 15. The van der Waals surface area contributed by atoms with Crippen molar-refractivity contribution in [3.63, 3.8) is 0 Å². The average molecular weight is 660 g/mol. The van der Waals surface area contributed by atoms with Gasteiger partial charge in [-0.3, -0.25) is 33.3 Å². The van der Waals surface area contributed by atoms with E-state index in [4.69, 9.17) is 16.4 Å². The fourth-order valence-electron chi connectivity index (χ4n) is 4.33. The summed E-state index contributed by atoms with van der Waals surface area (Å²) in [5.74, 6) is -3.54. The van der Waals surface area contributed by atoms with Crippen molar-refractivity contribution in [2.24, 2.45) is 0 Å². The van der Waals surface area contributed by atoms with Crippen LogP contribution in [0.1, 0.15) is 41.4 Å². The number of amides is 4. The number of nitrogens with zero attached hydrogens (tertiary/aromatic N) is 2. The zero-order chi connectivity index (χ0) is 33.1. The van der Waals surface area contributed by atoms with Gasteiger partial charge in [0, 0.05) is 21.7 Å². The Hall–Kier alpha value is -4.56. The molecule has 0 atom stereocenters. The lowest BCUT2D eigenvalue weighted by Gasteiger charge is -2.22. The molecular weight excluding hydrogens is 626 g/mol. The standard InChI is InChI=1S/C30H34ClN5O8S/c1-3-4-11-35(28(40)16-34-26(38)14-32-25(37)15-33-27(39)17-45)44-21-9-10-24-23(12-21)22(13-29(41)42)18(2)36(24)30(43)19-5-7-20(31)8-6-19/h5-10,12,45H,3-4,11,13-17H2,1-2H3,(H,32,37)(H,33,39)(H,34,38)(H,41,42). The van der Waals surface area contributed by atoms with Crippen LogP contribution in [0.25, 0.3) is 10.9 Å². The monoisotopic (exact) mass is 659 g/mol. The van der Waals surface area contributed by atoms with Gasteiger partial charge in [0.05, 0.1) is 43.9 Å². The van der Waals surface area contributed by atoms with Gasteiger partial charge < -0.3 is 25.9 Å². The molecule has 1 heterocycles. The lowest BCUT2D eigenvalue weighted by Crippen LogP contribution is -2.46. The van der Waals surface area contributed by atoms with Gasteiger partial charge in [0.2, 0.25) is 17.7 Å². The summed E-state index contributed by atoms with van der Waals surface area (Å²) in [7, 11) is 0. The number of benzene rings is 2. The molecule has 3 aromatic rings. The van der Waals surface area contributed by atoms with Crippen LogP contribution in [0.3, 0.4) is 0 Å². The second-order valence-corrected chi connectivity index (χ2v) is 10.6. The maximum atomic E-state index is 13.5. The number of unbranched alkanes of at least 4 members (excludes halogenated alkanes) is 1. The van der Waals surface area contributed by atoms with Gasteiger partial charge in [-0.25, -0.2) is 0 Å². The van der Waals surface area contributed by atoms with Crippen LogP contribution in [0.4, 0.5) is 0 Å². The maximum Gasteiger partial charge on any atom is 0.307 e. The van der Waals surface area contributed by atoms with Gasteiger partial charge in [0.1, 0.15) is 0 Å². The van der Waals surface area contributed by atoms with Gasteiger partial charge in [-0.15, -0.1) is 0 Å². The van der Waals surface area contributed by atoms with E-state index in [0.717, 1.165) is 11.5 Å². The number of aromatic nitrogens is 1. The molecule has 0 unspecified atom stereocenters. The Morgan fingerprint density at radius 2 is 1.56 bits per heavy atom. The van der Waals surface area contributed by atoms with Gasteiger partial charge in [-0.05, 0) is 61.4 Å². The van der Waals surface area contributed by atoms with Crippen LogP contribution in [0.5, 0.6) is 5.75 Å². The molecular formula is C30H34ClN5O8S. The molecule has 2 aromatic carbocycles. The Balaban J connectivity index is 1.77. The Morgan fingerprint density at radius 1 is 0.933 bits per heavy atom. The van der Waals surface area contributed by atoms with E-state index in [-0.39, 0.29) is 36.9 Å². The van der Waals surface area contributed by atoms with E-state index in [1.54, 1.807) is 49.4 Å². The molecule has 1 aromatic heterocycles. The molecule has 0 aliphatic heterocycles. The molecule has 0 spiro atoms. The normalized spacial score (nSPS) is 10.7. The second kappa shape index (κ2) is 16.5. The molecule has 45 heavy (non-hydrogen) atoms. The largest absolute Gasteiger partial charge is 0.481 e. The number of thiol groups is 1. The Kier molecular flexibility index (Phi) is 12.8. The fraction of sp³-hybridized carbons (Fsp3) is 0.333. The maximum absolute atomic E-state index is 13.5. The summed E-state index contributed by atoms with van der Waals surface area (Å²) in [6, 6.07) is 11.1. The molecule has 0 bridgehead atoms. The molecule has 3 rings (SSSR count). The molecule has 13 nitrogen and oxygen atoms in total. The molecule has 0 fully saturated rings. The molecule has 0 aliphatic rings. The van der Waals surface area contributed by atoms with Gasteiger partial charge in [0.25, 0.3) is 11.8 Å². The third-order valence-corrected chi connectivity index (χ3v) is 7.15. The fourth-order valence-corrected chi connectivity index (χ4v) is 4.57. The van der Waals surface area contributed by atoms with Crippen molar-refractivity contribution in [1.29, 1.82) is 0 Å². The number of hydrogen-bond acceptors (Lipinski definition) is 8. The highest BCUT2D eigenvalue weighted by Gasteiger charge is 2.23. The van der Waals surface area contributed by atoms with Crippen molar-refractivity contribution in [2.75, 3.05) is 31.9 Å². The second-order valence-electron chi connectivity index (χ2n) is 9.89. The van der Waals surface area contributed by atoms with Crippen LogP contribution >= 0.6 is 24.2 Å². The molecule has 4 N–H and O–H groups in total. The van der Waals surface area contributed by atoms with Crippen LogP contribution < -0.4 is 20.8 Å². The first-order chi connectivity index (χ1) is 21.4. The summed E-state index contributed by atoms with van der Waals surface area (Å²) in [6.45, 7) is 2.63. The van der Waals surface area contributed by atoms with Crippen LogP contribution in [-0.4, -0.2) is 82.2 Å². The predicted octanol–water partition coefficient (Wildman–Crippen LogP) is 2.12. The Labute approximate surface area is 269 Å². The third kappa shape index (κ3) is 9.71. The number of fused-ring (bicyclic) bond motifs is 1. The SMILES string of the molecule is CCCCN(Oc1ccc2c(c1)c(CC(=O)O)c(C)n2C(=O)c1ccc(Cl)cc1)C(=O)CNC(=O)CNC(=O)CNC(=O)CS. The Bertz CT molecular complexity index is 1590. The Morgan fingerprint density at radius 3 is 2.16 bits per heavy atom. The summed E-state index contributed by atoms with van der Waals surface area (Å²) in [5, 5.41) is 18.7. The zero-order valence-corrected chi connectivity index (χ0v) is 26.4. The number of aliphatic carboxylic acids is 1. The summed E-state index contributed by atoms with van der Waals surface area (Å²) >= 11 is 9.76. The van der Waals surface area contributed by atoms with Crippen molar-refractivity contribution in [3.8, 4) is 5.75 Å². The molecule has 0 aliphatic carbocycles. The predicted molar refractivity (Wildman–Crippen MR) is 169 cm³/mol. The highest BCUT2D eigenvalue weighted by atomic mass is 35.5. The number of halogens is 1. The van der Waals surface area contributed by atoms with Crippen molar-refractivity contribution < 1.29 is 38.7 Å². The number of carboxylic acids is 1. The third-order valence-electron chi connectivity index (χ3n) is 6.61. The van der Waals surface area contributed by atoms with Crippen molar-refractivity contribution in [2.45, 2.75) is 33.1 Å².